The van der Waals surface area contributed by atoms with Gasteiger partial charge in [-0.25, -0.2) is 8.42 Å². The highest BCUT2D eigenvalue weighted by atomic mass is 35.5. The van der Waals surface area contributed by atoms with Gasteiger partial charge < -0.3 is 5.73 Å². The molecule has 3 N–H and O–H groups in total. The summed E-state index contributed by atoms with van der Waals surface area (Å²) in [5.41, 5.74) is 5.68. The van der Waals surface area contributed by atoms with Gasteiger partial charge >= 0.3 is 0 Å². The van der Waals surface area contributed by atoms with Gasteiger partial charge in [-0.1, -0.05) is 41.4 Å². The number of hydrogen-bond acceptors (Lipinski definition) is 6. The van der Waals surface area contributed by atoms with Crippen LogP contribution in [0.4, 0.5) is 5.69 Å². The van der Waals surface area contributed by atoms with Gasteiger partial charge in [0.25, 0.3) is 10.1 Å². The van der Waals surface area contributed by atoms with Crippen molar-refractivity contribution in [3.05, 3.63) is 57.0 Å². The van der Waals surface area contributed by atoms with Crippen molar-refractivity contribution in [1.82, 2.24) is 0 Å². The van der Waals surface area contributed by atoms with Gasteiger partial charge in [-0.05, 0) is 25.1 Å². The topological polar surface area (TPSA) is 127 Å². The Balaban J connectivity index is 2.48. The summed E-state index contributed by atoms with van der Waals surface area (Å²) < 4.78 is 60.3. The highest BCUT2D eigenvalue weighted by molar-refractivity contribution is 8.02. The molecule has 26 heavy (non-hydrogen) atoms. The van der Waals surface area contributed by atoms with E-state index in [1.807, 2.05) is 0 Å². The minimum absolute atomic E-state index is 0.0524. The Morgan fingerprint density at radius 1 is 1.08 bits per heavy atom. The van der Waals surface area contributed by atoms with E-state index in [9.17, 15) is 21.4 Å². The van der Waals surface area contributed by atoms with E-state index in [2.05, 4.69) is 4.99 Å². The number of rotatable bonds is 3. The first-order valence-electron chi connectivity index (χ1n) is 7.06. The van der Waals surface area contributed by atoms with Gasteiger partial charge in [0.1, 0.15) is 4.91 Å². The minimum atomic E-state index is -4.92. The van der Waals surface area contributed by atoms with E-state index in [1.54, 1.807) is 6.07 Å². The number of nitrogens with two attached hydrogens (primary N) is 1. The van der Waals surface area contributed by atoms with Crippen LogP contribution in [-0.4, -0.2) is 26.3 Å². The standard InChI is InChI=1S/C15H12Cl2N2O5S2/c1-15(26(22,23)24)14(8-4-2-3-5-12(8)19-15)25(20,21)13-7-9(16)11(18)6-10(13)17/h2-7H,18H2,1H3,(H,22,23,24). The van der Waals surface area contributed by atoms with Gasteiger partial charge in [-0.15, -0.1) is 0 Å². The molecule has 1 atom stereocenters. The second kappa shape index (κ2) is 5.93. The van der Waals surface area contributed by atoms with Crippen molar-refractivity contribution in [3.8, 4) is 0 Å². The molecule has 7 nitrogen and oxygen atoms in total. The van der Waals surface area contributed by atoms with E-state index < -0.39 is 34.6 Å². The average molecular weight is 435 g/mol. The lowest BCUT2D eigenvalue weighted by molar-refractivity contribution is 0.458. The van der Waals surface area contributed by atoms with E-state index >= 15 is 0 Å². The molecule has 2 aromatic carbocycles. The van der Waals surface area contributed by atoms with Crippen molar-refractivity contribution < 1.29 is 21.4 Å². The summed E-state index contributed by atoms with van der Waals surface area (Å²) in [5, 5.41) is -0.132. The molecule has 0 aromatic heterocycles. The van der Waals surface area contributed by atoms with Crippen molar-refractivity contribution in [2.45, 2.75) is 16.7 Å². The van der Waals surface area contributed by atoms with Crippen molar-refractivity contribution in [2.24, 2.45) is 4.99 Å². The third kappa shape index (κ3) is 2.71. The second-order valence-electron chi connectivity index (χ2n) is 5.72. The third-order valence-electron chi connectivity index (χ3n) is 4.02. The van der Waals surface area contributed by atoms with Crippen LogP contribution in [0, 0.1) is 0 Å². The number of nitrogen functional groups attached to an aromatic ring is 1. The molecule has 1 aliphatic rings. The van der Waals surface area contributed by atoms with Crippen molar-refractivity contribution in [3.63, 3.8) is 0 Å². The van der Waals surface area contributed by atoms with Crippen molar-refractivity contribution in [1.29, 1.82) is 0 Å². The van der Waals surface area contributed by atoms with Crippen LogP contribution in [0.2, 0.25) is 10.0 Å². The van der Waals surface area contributed by atoms with E-state index in [4.69, 9.17) is 28.9 Å². The van der Waals surface area contributed by atoms with Crippen LogP contribution in [0.3, 0.4) is 0 Å². The van der Waals surface area contributed by atoms with E-state index in [0.717, 1.165) is 19.1 Å². The monoisotopic (exact) mass is 434 g/mol. The van der Waals surface area contributed by atoms with E-state index in [0.29, 0.717) is 0 Å². The molecule has 0 aliphatic carbocycles. The van der Waals surface area contributed by atoms with Gasteiger partial charge in [0, 0.05) is 5.22 Å². The van der Waals surface area contributed by atoms with Gasteiger partial charge in [-0.2, -0.15) is 8.42 Å². The number of benzene rings is 2. The average Bonchev–Trinajstić information content (AvgIpc) is 2.84. The fraction of sp³-hybridized carbons (Fsp3) is 0.133. The SMILES string of the molecule is CC1(S(=O)(=O)O)N=c2ccccc2=C1S(=O)(=O)c1cc(Cl)c(N)cc1Cl. The van der Waals surface area contributed by atoms with Crippen LogP contribution < -0.4 is 16.3 Å². The molecule has 0 fully saturated rings. The zero-order chi connectivity index (χ0) is 19.5. The van der Waals surface area contributed by atoms with Crippen molar-refractivity contribution in [2.75, 3.05) is 5.73 Å². The summed E-state index contributed by atoms with van der Waals surface area (Å²) in [4.78, 5) is 0.478. The third-order valence-corrected chi connectivity index (χ3v) is 8.27. The lowest BCUT2D eigenvalue weighted by atomic mass is 10.2. The lowest BCUT2D eigenvalue weighted by Crippen LogP contribution is -2.37. The van der Waals surface area contributed by atoms with Crippen LogP contribution in [0.25, 0.3) is 4.91 Å². The summed E-state index contributed by atoms with van der Waals surface area (Å²) in [7, 11) is -9.43. The number of fused-ring (bicyclic) bond motifs is 1. The molecule has 0 bridgehead atoms. The van der Waals surface area contributed by atoms with Gasteiger partial charge in [0.15, 0.2) is 0 Å². The number of hydrogen-bond donors (Lipinski definition) is 2. The number of sulfone groups is 1. The summed E-state index contributed by atoms with van der Waals surface area (Å²) in [6, 6.07) is 8.12. The van der Waals surface area contributed by atoms with Crippen molar-refractivity contribution >= 4 is 53.7 Å². The molecular formula is C15H12Cl2N2O5S2. The van der Waals surface area contributed by atoms with Crippen LogP contribution in [0.5, 0.6) is 0 Å². The molecular weight excluding hydrogens is 423 g/mol. The van der Waals surface area contributed by atoms with Gasteiger partial charge in [0.05, 0.1) is 26.0 Å². The summed E-state index contributed by atoms with van der Waals surface area (Å²) in [5.74, 6) is 0. The predicted molar refractivity (Wildman–Crippen MR) is 98.6 cm³/mol. The predicted octanol–water partition coefficient (Wildman–Crippen LogP) is 1.39. The largest absolute Gasteiger partial charge is 0.397 e. The highest BCUT2D eigenvalue weighted by Gasteiger charge is 2.51. The zero-order valence-electron chi connectivity index (χ0n) is 13.1. The molecule has 1 unspecified atom stereocenters. The van der Waals surface area contributed by atoms with Gasteiger partial charge in [-0.3, -0.25) is 9.55 Å². The second-order valence-corrected chi connectivity index (χ2v) is 10.1. The van der Waals surface area contributed by atoms with Crippen LogP contribution in [-0.2, 0) is 20.0 Å². The number of halogens is 2. The maximum absolute atomic E-state index is 13.3. The normalized spacial score (nSPS) is 19.9. The number of para-hydroxylation sites is 1. The van der Waals surface area contributed by atoms with Gasteiger partial charge in [0.2, 0.25) is 14.7 Å². The Labute approximate surface area is 159 Å². The molecule has 0 saturated heterocycles. The highest BCUT2D eigenvalue weighted by Crippen LogP contribution is 2.40. The molecule has 0 saturated carbocycles. The fourth-order valence-corrected chi connectivity index (χ4v) is 6.45. The number of anilines is 1. The summed E-state index contributed by atoms with van der Waals surface area (Å²) >= 11 is 11.9. The molecule has 11 heteroatoms. The Hall–Kier alpha value is -1.65. The maximum atomic E-state index is 13.3. The quantitative estimate of drug-likeness (QED) is 0.554. The molecule has 1 aliphatic heterocycles. The molecule has 0 radical (unpaired) electrons. The summed E-state index contributed by atoms with van der Waals surface area (Å²) in [6.07, 6.45) is 0. The molecule has 0 spiro atoms. The van der Waals surface area contributed by atoms with Crippen LogP contribution >= 0.6 is 23.2 Å². The Kier molecular flexibility index (Phi) is 4.36. The zero-order valence-corrected chi connectivity index (χ0v) is 16.3. The minimum Gasteiger partial charge on any atom is -0.397 e. The molecule has 0 amide bonds. The summed E-state index contributed by atoms with van der Waals surface area (Å²) in [6.45, 7) is 1.00. The van der Waals surface area contributed by atoms with Crippen LogP contribution in [0.1, 0.15) is 6.92 Å². The first-order valence-corrected chi connectivity index (χ1v) is 10.7. The Bertz CT molecular complexity index is 1270. The van der Waals surface area contributed by atoms with Crippen LogP contribution in [0.15, 0.2) is 46.3 Å². The first-order chi connectivity index (χ1) is 11.9. The first kappa shape index (κ1) is 19.1. The Morgan fingerprint density at radius 3 is 2.31 bits per heavy atom. The molecule has 3 rings (SSSR count). The molecule has 2 aromatic rings. The number of nitrogens with zero attached hydrogens (tertiary/aromatic N) is 1. The lowest BCUT2D eigenvalue weighted by Gasteiger charge is -2.22. The molecule has 1 heterocycles. The molecule has 138 valence electrons. The maximum Gasteiger partial charge on any atom is 0.296 e. The fourth-order valence-electron chi connectivity index (χ4n) is 2.72. The van der Waals surface area contributed by atoms with E-state index in [1.165, 1.54) is 18.2 Å². The Morgan fingerprint density at radius 2 is 1.69 bits per heavy atom. The van der Waals surface area contributed by atoms with E-state index in [-0.39, 0.29) is 26.3 Å². The smallest absolute Gasteiger partial charge is 0.296 e.